The first-order chi connectivity index (χ1) is 13.1. The standard InChI is InChI=1S/C23H21N3O/c1-16-8-9-17(2)22(12-16)26-15-25-20-13-19(10-11-21(20)26)23(27)24-14-18-6-4-3-5-7-18/h3-13,15H,14H2,1-2H3,(H,24,27). The number of nitrogens with zero attached hydrogens (tertiary/aromatic N) is 2. The molecule has 0 bridgehead atoms. The zero-order valence-corrected chi connectivity index (χ0v) is 15.4. The third-order valence-corrected chi connectivity index (χ3v) is 4.73. The van der Waals surface area contributed by atoms with Gasteiger partial charge in [0.1, 0.15) is 6.33 Å². The molecule has 4 rings (SSSR count). The molecule has 0 fully saturated rings. The van der Waals surface area contributed by atoms with Gasteiger partial charge < -0.3 is 5.32 Å². The van der Waals surface area contributed by atoms with Crippen LogP contribution in [-0.2, 0) is 6.54 Å². The van der Waals surface area contributed by atoms with Gasteiger partial charge in [-0.15, -0.1) is 0 Å². The van der Waals surface area contributed by atoms with E-state index in [-0.39, 0.29) is 5.91 Å². The molecule has 4 nitrogen and oxygen atoms in total. The van der Waals surface area contributed by atoms with E-state index in [1.54, 1.807) is 0 Å². The molecule has 3 aromatic carbocycles. The highest BCUT2D eigenvalue weighted by molar-refractivity contribution is 5.97. The zero-order valence-electron chi connectivity index (χ0n) is 15.4. The van der Waals surface area contributed by atoms with Gasteiger partial charge >= 0.3 is 0 Å². The van der Waals surface area contributed by atoms with E-state index in [4.69, 9.17) is 0 Å². The predicted octanol–water partition coefficient (Wildman–Crippen LogP) is 4.57. The molecule has 0 unspecified atom stereocenters. The predicted molar refractivity (Wildman–Crippen MR) is 108 cm³/mol. The summed E-state index contributed by atoms with van der Waals surface area (Å²) < 4.78 is 2.07. The van der Waals surface area contributed by atoms with Crippen LogP contribution < -0.4 is 5.32 Å². The zero-order chi connectivity index (χ0) is 18.8. The van der Waals surface area contributed by atoms with E-state index in [2.05, 4.69) is 46.9 Å². The van der Waals surface area contributed by atoms with Crippen LogP contribution >= 0.6 is 0 Å². The van der Waals surface area contributed by atoms with E-state index < -0.39 is 0 Å². The fourth-order valence-corrected chi connectivity index (χ4v) is 3.21. The lowest BCUT2D eigenvalue weighted by Gasteiger charge is -2.10. The lowest BCUT2D eigenvalue weighted by atomic mass is 10.1. The minimum atomic E-state index is -0.0953. The molecule has 0 aliphatic carbocycles. The number of aromatic nitrogens is 2. The molecule has 0 spiro atoms. The summed E-state index contributed by atoms with van der Waals surface area (Å²) in [6.07, 6.45) is 1.82. The van der Waals surface area contributed by atoms with Crippen molar-refractivity contribution in [3.05, 3.63) is 95.3 Å². The Morgan fingerprint density at radius 2 is 1.81 bits per heavy atom. The van der Waals surface area contributed by atoms with E-state index in [1.807, 2.05) is 54.9 Å². The quantitative estimate of drug-likeness (QED) is 0.583. The Hall–Kier alpha value is -3.40. The second-order valence-electron chi connectivity index (χ2n) is 6.78. The SMILES string of the molecule is Cc1ccc(C)c(-n2cnc3cc(C(=O)NCc4ccccc4)ccc32)c1. The van der Waals surface area contributed by atoms with Gasteiger partial charge in [-0.1, -0.05) is 42.5 Å². The number of benzene rings is 3. The number of nitrogens with one attached hydrogen (secondary N) is 1. The monoisotopic (exact) mass is 355 g/mol. The molecule has 134 valence electrons. The first kappa shape index (κ1) is 17.0. The Balaban J connectivity index is 1.60. The normalized spacial score (nSPS) is 10.9. The van der Waals surface area contributed by atoms with E-state index in [0.717, 1.165) is 22.3 Å². The smallest absolute Gasteiger partial charge is 0.251 e. The van der Waals surface area contributed by atoms with Crippen LogP contribution in [0.2, 0.25) is 0 Å². The summed E-state index contributed by atoms with van der Waals surface area (Å²) in [5, 5.41) is 2.96. The maximum atomic E-state index is 12.5. The minimum absolute atomic E-state index is 0.0953. The topological polar surface area (TPSA) is 46.9 Å². The van der Waals surface area contributed by atoms with Crippen molar-refractivity contribution in [2.75, 3.05) is 0 Å². The number of carbonyl (C=O) groups is 1. The number of rotatable bonds is 4. The maximum Gasteiger partial charge on any atom is 0.251 e. The molecule has 1 aromatic heterocycles. The number of hydrogen-bond acceptors (Lipinski definition) is 2. The largest absolute Gasteiger partial charge is 0.348 e. The molecule has 0 atom stereocenters. The molecule has 0 saturated carbocycles. The van der Waals surface area contributed by atoms with E-state index in [9.17, 15) is 4.79 Å². The van der Waals surface area contributed by atoms with Crippen molar-refractivity contribution in [2.24, 2.45) is 0 Å². The first-order valence-corrected chi connectivity index (χ1v) is 8.99. The number of aryl methyl sites for hydroxylation is 2. The molecule has 1 heterocycles. The van der Waals surface area contributed by atoms with Crippen LogP contribution in [-0.4, -0.2) is 15.5 Å². The maximum absolute atomic E-state index is 12.5. The molecule has 0 radical (unpaired) electrons. The van der Waals surface area contributed by atoms with Gasteiger partial charge in [0.15, 0.2) is 0 Å². The summed E-state index contributed by atoms with van der Waals surface area (Å²) in [6, 6.07) is 21.9. The van der Waals surface area contributed by atoms with Crippen LogP contribution in [0.5, 0.6) is 0 Å². The molecule has 0 aliphatic rings. The molecule has 1 amide bonds. The Morgan fingerprint density at radius 3 is 2.63 bits per heavy atom. The number of hydrogen-bond donors (Lipinski definition) is 1. The van der Waals surface area contributed by atoms with Gasteiger partial charge in [0.05, 0.1) is 16.7 Å². The van der Waals surface area contributed by atoms with Crippen molar-refractivity contribution in [2.45, 2.75) is 20.4 Å². The van der Waals surface area contributed by atoms with Gasteiger partial charge in [-0.2, -0.15) is 0 Å². The number of imidazole rings is 1. The highest BCUT2D eigenvalue weighted by Crippen LogP contribution is 2.23. The average Bonchev–Trinajstić information content (AvgIpc) is 3.12. The molecule has 0 aliphatic heterocycles. The molecular weight excluding hydrogens is 334 g/mol. The lowest BCUT2D eigenvalue weighted by molar-refractivity contribution is 0.0951. The summed E-state index contributed by atoms with van der Waals surface area (Å²) in [6.45, 7) is 4.68. The lowest BCUT2D eigenvalue weighted by Crippen LogP contribution is -2.22. The van der Waals surface area contributed by atoms with Crippen molar-refractivity contribution < 1.29 is 4.79 Å². The fraction of sp³-hybridized carbons (Fsp3) is 0.130. The van der Waals surface area contributed by atoms with Crippen LogP contribution in [0, 0.1) is 13.8 Å². The Labute approximate surface area is 158 Å². The molecule has 4 aromatic rings. The highest BCUT2D eigenvalue weighted by Gasteiger charge is 2.11. The van der Waals surface area contributed by atoms with Gasteiger partial charge in [-0.05, 0) is 54.8 Å². The second-order valence-corrected chi connectivity index (χ2v) is 6.78. The summed E-state index contributed by atoms with van der Waals surface area (Å²) in [5.41, 5.74) is 6.99. The van der Waals surface area contributed by atoms with Crippen LogP contribution in [0.4, 0.5) is 0 Å². The van der Waals surface area contributed by atoms with Gasteiger partial charge in [0.25, 0.3) is 5.91 Å². The Kier molecular flexibility index (Phi) is 4.47. The van der Waals surface area contributed by atoms with Crippen molar-refractivity contribution in [1.29, 1.82) is 0 Å². The molecule has 27 heavy (non-hydrogen) atoms. The summed E-state index contributed by atoms with van der Waals surface area (Å²) >= 11 is 0. The molecular formula is C23H21N3O. The second kappa shape index (κ2) is 7.08. The van der Waals surface area contributed by atoms with Crippen LogP contribution in [0.15, 0.2) is 73.1 Å². The van der Waals surface area contributed by atoms with Crippen molar-refractivity contribution >= 4 is 16.9 Å². The van der Waals surface area contributed by atoms with Gasteiger partial charge in [-0.25, -0.2) is 4.98 Å². The third-order valence-electron chi connectivity index (χ3n) is 4.73. The van der Waals surface area contributed by atoms with Gasteiger partial charge in [-0.3, -0.25) is 9.36 Å². The van der Waals surface area contributed by atoms with E-state index >= 15 is 0 Å². The van der Waals surface area contributed by atoms with Gasteiger partial charge in [0, 0.05) is 12.1 Å². The molecule has 1 N–H and O–H groups in total. The summed E-state index contributed by atoms with van der Waals surface area (Å²) in [5.74, 6) is -0.0953. The number of fused-ring (bicyclic) bond motifs is 1. The third kappa shape index (κ3) is 3.47. The summed E-state index contributed by atoms with van der Waals surface area (Å²) in [4.78, 5) is 17.0. The van der Waals surface area contributed by atoms with Crippen LogP contribution in [0.1, 0.15) is 27.0 Å². The highest BCUT2D eigenvalue weighted by atomic mass is 16.1. The number of amides is 1. The van der Waals surface area contributed by atoms with Crippen molar-refractivity contribution in [1.82, 2.24) is 14.9 Å². The van der Waals surface area contributed by atoms with E-state index in [1.165, 1.54) is 11.1 Å². The van der Waals surface area contributed by atoms with Crippen LogP contribution in [0.3, 0.4) is 0 Å². The first-order valence-electron chi connectivity index (χ1n) is 8.99. The number of carbonyl (C=O) groups excluding carboxylic acids is 1. The van der Waals surface area contributed by atoms with E-state index in [0.29, 0.717) is 12.1 Å². The molecule has 0 saturated heterocycles. The van der Waals surface area contributed by atoms with Crippen LogP contribution in [0.25, 0.3) is 16.7 Å². The Bertz CT molecular complexity index is 1110. The molecule has 4 heteroatoms. The minimum Gasteiger partial charge on any atom is -0.348 e. The Morgan fingerprint density at radius 1 is 1.00 bits per heavy atom. The van der Waals surface area contributed by atoms with Gasteiger partial charge in [0.2, 0.25) is 0 Å². The average molecular weight is 355 g/mol. The van der Waals surface area contributed by atoms with Crippen molar-refractivity contribution in [3.8, 4) is 5.69 Å². The van der Waals surface area contributed by atoms with Crippen molar-refractivity contribution in [3.63, 3.8) is 0 Å². The fourth-order valence-electron chi connectivity index (χ4n) is 3.21. The summed E-state index contributed by atoms with van der Waals surface area (Å²) in [7, 11) is 0.